The Balaban J connectivity index is 1.22. The van der Waals surface area contributed by atoms with Crippen molar-refractivity contribution < 1.29 is 0 Å². The van der Waals surface area contributed by atoms with Crippen LogP contribution in [0.1, 0.15) is 0 Å². The van der Waals surface area contributed by atoms with Crippen LogP contribution in [0.25, 0.3) is 78.8 Å². The van der Waals surface area contributed by atoms with Gasteiger partial charge in [-0.3, -0.25) is 9.97 Å². The smallest absolute Gasteiger partial charge is 0.164 e. The van der Waals surface area contributed by atoms with Gasteiger partial charge in [-0.25, -0.2) is 19.9 Å². The third kappa shape index (κ3) is 5.51. The van der Waals surface area contributed by atoms with Crippen molar-refractivity contribution in [2.24, 2.45) is 0 Å². The van der Waals surface area contributed by atoms with Gasteiger partial charge in [-0.1, -0.05) is 103 Å². The van der Waals surface area contributed by atoms with E-state index in [2.05, 4.69) is 76.7 Å². The minimum atomic E-state index is 0.613. The molecule has 0 saturated carbocycles. The van der Waals surface area contributed by atoms with Crippen molar-refractivity contribution in [3.8, 4) is 68.1 Å². The van der Waals surface area contributed by atoms with Crippen molar-refractivity contribution in [2.45, 2.75) is 0 Å². The van der Waals surface area contributed by atoms with E-state index in [-0.39, 0.29) is 0 Å². The summed E-state index contributed by atoms with van der Waals surface area (Å²) in [5.74, 6) is 1.88. The van der Waals surface area contributed by atoms with Gasteiger partial charge in [-0.05, 0) is 64.4 Å². The number of rotatable bonds is 6. The summed E-state index contributed by atoms with van der Waals surface area (Å²) in [5, 5.41) is 2.31. The Morgan fingerprint density at radius 2 is 0.783 bits per heavy atom. The van der Waals surface area contributed by atoms with Crippen LogP contribution in [0.15, 0.2) is 158 Å². The number of nitrogens with zero attached hydrogens (tertiary/aromatic N) is 6. The predicted molar refractivity (Wildman–Crippen MR) is 183 cm³/mol. The average molecular weight is 591 g/mol. The Labute approximate surface area is 266 Å². The molecule has 0 unspecified atom stereocenters. The van der Waals surface area contributed by atoms with Crippen molar-refractivity contribution in [2.75, 3.05) is 0 Å². The summed E-state index contributed by atoms with van der Waals surface area (Å²) >= 11 is 0. The standard InChI is InChI=1S/C40H26N6/c1-2-11-29(12-3-1)38-44-39(46-40(45-38)32-21-18-27-10-4-5-13-31(27)24-32)30-19-16-28(17-20-30)33-25-36(34-14-6-8-22-41-34)43-37(26-33)35-15-7-9-23-42-35/h1-26H. The summed E-state index contributed by atoms with van der Waals surface area (Å²) in [6, 6.07) is 48.8. The number of hydrogen-bond acceptors (Lipinski definition) is 6. The van der Waals surface area contributed by atoms with Gasteiger partial charge in [0.1, 0.15) is 0 Å². The summed E-state index contributed by atoms with van der Waals surface area (Å²) in [7, 11) is 0. The highest BCUT2D eigenvalue weighted by Gasteiger charge is 2.14. The summed E-state index contributed by atoms with van der Waals surface area (Å²) in [5.41, 5.74) is 8.00. The van der Waals surface area contributed by atoms with Gasteiger partial charge in [0.2, 0.25) is 0 Å². The molecule has 0 radical (unpaired) electrons. The fraction of sp³-hybridized carbons (Fsp3) is 0. The first-order chi connectivity index (χ1) is 22.8. The van der Waals surface area contributed by atoms with E-state index in [0.717, 1.165) is 56.0 Å². The molecule has 4 aromatic heterocycles. The Hall–Kier alpha value is -6.40. The number of hydrogen-bond donors (Lipinski definition) is 0. The minimum absolute atomic E-state index is 0.613. The summed E-state index contributed by atoms with van der Waals surface area (Å²) in [4.78, 5) is 28.8. The molecule has 0 saturated heterocycles. The molecular weight excluding hydrogens is 564 g/mol. The molecule has 0 N–H and O–H groups in total. The van der Waals surface area contributed by atoms with E-state index in [1.165, 1.54) is 5.39 Å². The molecule has 46 heavy (non-hydrogen) atoms. The fourth-order valence-corrected chi connectivity index (χ4v) is 5.48. The zero-order valence-corrected chi connectivity index (χ0v) is 24.7. The molecule has 0 aliphatic rings. The van der Waals surface area contributed by atoms with Crippen LogP contribution in [-0.2, 0) is 0 Å². The average Bonchev–Trinajstić information content (AvgIpc) is 3.15. The van der Waals surface area contributed by atoms with Crippen LogP contribution >= 0.6 is 0 Å². The Kier molecular flexibility index (Phi) is 7.05. The molecule has 0 aliphatic heterocycles. The van der Waals surface area contributed by atoms with Gasteiger partial charge in [0.25, 0.3) is 0 Å². The van der Waals surface area contributed by atoms with Gasteiger partial charge in [0.15, 0.2) is 17.5 Å². The highest BCUT2D eigenvalue weighted by molar-refractivity contribution is 5.86. The second-order valence-corrected chi connectivity index (χ2v) is 10.9. The third-order valence-corrected chi connectivity index (χ3v) is 7.83. The summed E-state index contributed by atoms with van der Waals surface area (Å²) in [6.07, 6.45) is 3.56. The van der Waals surface area contributed by atoms with E-state index in [1.807, 2.05) is 78.9 Å². The van der Waals surface area contributed by atoms with Crippen LogP contribution in [0, 0.1) is 0 Å². The molecule has 0 amide bonds. The lowest BCUT2D eigenvalue weighted by molar-refractivity contribution is 1.07. The van der Waals surface area contributed by atoms with Gasteiger partial charge in [0.05, 0.1) is 22.8 Å². The molecule has 4 heterocycles. The molecule has 8 rings (SSSR count). The zero-order valence-electron chi connectivity index (χ0n) is 24.7. The van der Waals surface area contributed by atoms with Crippen LogP contribution in [0.3, 0.4) is 0 Å². The molecule has 0 bridgehead atoms. The van der Waals surface area contributed by atoms with Crippen molar-refractivity contribution in [3.05, 3.63) is 158 Å². The lowest BCUT2D eigenvalue weighted by atomic mass is 10.0. The quantitative estimate of drug-likeness (QED) is 0.192. The van der Waals surface area contributed by atoms with Crippen LogP contribution in [0.5, 0.6) is 0 Å². The molecule has 8 aromatic rings. The zero-order chi connectivity index (χ0) is 30.7. The van der Waals surface area contributed by atoms with E-state index >= 15 is 0 Å². The van der Waals surface area contributed by atoms with Crippen molar-refractivity contribution in [1.29, 1.82) is 0 Å². The Bertz CT molecular complexity index is 2230. The maximum absolute atomic E-state index is 4.97. The van der Waals surface area contributed by atoms with E-state index < -0.39 is 0 Å². The normalized spacial score (nSPS) is 11.0. The summed E-state index contributed by atoms with van der Waals surface area (Å²) < 4.78 is 0. The molecule has 0 atom stereocenters. The first kappa shape index (κ1) is 27.2. The third-order valence-electron chi connectivity index (χ3n) is 7.83. The molecule has 0 fully saturated rings. The Morgan fingerprint density at radius 3 is 1.39 bits per heavy atom. The fourth-order valence-electron chi connectivity index (χ4n) is 5.48. The van der Waals surface area contributed by atoms with Crippen LogP contribution in [-0.4, -0.2) is 29.9 Å². The predicted octanol–water partition coefficient (Wildman–Crippen LogP) is 9.21. The number of pyridine rings is 3. The van der Waals surface area contributed by atoms with E-state index in [1.54, 1.807) is 12.4 Å². The number of fused-ring (bicyclic) bond motifs is 1. The second kappa shape index (κ2) is 11.9. The largest absolute Gasteiger partial charge is 0.255 e. The lowest BCUT2D eigenvalue weighted by Gasteiger charge is -2.11. The van der Waals surface area contributed by atoms with Crippen LogP contribution < -0.4 is 0 Å². The summed E-state index contributed by atoms with van der Waals surface area (Å²) in [6.45, 7) is 0. The molecule has 0 aliphatic carbocycles. The van der Waals surface area contributed by atoms with Gasteiger partial charge in [-0.15, -0.1) is 0 Å². The highest BCUT2D eigenvalue weighted by atomic mass is 15.0. The van der Waals surface area contributed by atoms with Crippen molar-refractivity contribution in [1.82, 2.24) is 29.9 Å². The lowest BCUT2D eigenvalue weighted by Crippen LogP contribution is -2.00. The molecule has 6 nitrogen and oxygen atoms in total. The minimum Gasteiger partial charge on any atom is -0.255 e. The highest BCUT2D eigenvalue weighted by Crippen LogP contribution is 2.31. The number of aromatic nitrogens is 6. The van der Waals surface area contributed by atoms with Gasteiger partial charge < -0.3 is 0 Å². The van der Waals surface area contributed by atoms with Crippen LogP contribution in [0.4, 0.5) is 0 Å². The maximum Gasteiger partial charge on any atom is 0.164 e. The van der Waals surface area contributed by atoms with E-state index in [0.29, 0.717) is 17.5 Å². The molecule has 4 aromatic carbocycles. The van der Waals surface area contributed by atoms with Gasteiger partial charge in [-0.2, -0.15) is 0 Å². The molecule has 0 spiro atoms. The second-order valence-electron chi connectivity index (χ2n) is 10.9. The first-order valence-corrected chi connectivity index (χ1v) is 15.0. The molecule has 216 valence electrons. The first-order valence-electron chi connectivity index (χ1n) is 15.0. The van der Waals surface area contributed by atoms with Gasteiger partial charge in [0, 0.05) is 29.1 Å². The SMILES string of the molecule is c1ccc(-c2nc(-c3ccc(-c4cc(-c5ccccn5)nc(-c5ccccn5)c4)cc3)nc(-c3ccc4ccccc4c3)n2)cc1. The topological polar surface area (TPSA) is 77.3 Å². The number of benzene rings is 4. The van der Waals surface area contributed by atoms with Crippen molar-refractivity contribution in [3.63, 3.8) is 0 Å². The van der Waals surface area contributed by atoms with Crippen molar-refractivity contribution >= 4 is 10.8 Å². The van der Waals surface area contributed by atoms with Gasteiger partial charge >= 0.3 is 0 Å². The van der Waals surface area contributed by atoms with E-state index in [9.17, 15) is 0 Å². The monoisotopic (exact) mass is 590 g/mol. The maximum atomic E-state index is 4.97. The molecule has 6 heteroatoms. The molecular formula is C40H26N6. The Morgan fingerprint density at radius 1 is 0.283 bits per heavy atom. The van der Waals surface area contributed by atoms with Crippen LogP contribution in [0.2, 0.25) is 0 Å². The van der Waals surface area contributed by atoms with E-state index in [4.69, 9.17) is 19.9 Å².